The second kappa shape index (κ2) is 11.0. The van der Waals surface area contributed by atoms with E-state index in [1.807, 2.05) is 0 Å². The lowest BCUT2D eigenvalue weighted by molar-refractivity contribution is -0.0439. The van der Waals surface area contributed by atoms with Gasteiger partial charge < -0.3 is 41.4 Å². The van der Waals surface area contributed by atoms with Crippen molar-refractivity contribution in [2.24, 2.45) is 0 Å². The highest BCUT2D eigenvalue weighted by Gasteiger charge is 2.37. The first-order chi connectivity index (χ1) is 18.6. The number of H-pyrrole nitrogens is 1. The third-order valence-electron chi connectivity index (χ3n) is 6.33. The van der Waals surface area contributed by atoms with Gasteiger partial charge in [0.15, 0.2) is 37.6 Å². The van der Waals surface area contributed by atoms with Crippen LogP contribution in [0.25, 0.3) is 22.3 Å². The average molecular weight is 676 g/mol. The summed E-state index contributed by atoms with van der Waals surface area (Å²) in [4.78, 5) is 34.5. The van der Waals surface area contributed by atoms with Gasteiger partial charge in [-0.3, -0.25) is 18.9 Å². The van der Waals surface area contributed by atoms with E-state index >= 15 is 0 Å². The molecule has 0 aromatic carbocycles. The fraction of sp³-hybridized carbons (Fsp3) is 0.500. The van der Waals surface area contributed by atoms with Crippen molar-refractivity contribution in [3.05, 3.63) is 26.1 Å². The van der Waals surface area contributed by atoms with E-state index in [2.05, 4.69) is 61.8 Å². The Morgan fingerprint density at radius 1 is 0.897 bits per heavy atom. The zero-order valence-electron chi connectivity index (χ0n) is 19.9. The highest BCUT2D eigenvalue weighted by molar-refractivity contribution is 9.10. The van der Waals surface area contributed by atoms with Gasteiger partial charge in [-0.15, -0.1) is 0 Å². The zero-order chi connectivity index (χ0) is 28.0. The lowest BCUT2D eigenvalue weighted by Crippen LogP contribution is -2.24. The number of aliphatic hydroxyl groups excluding tert-OH is 4. The standard InChI is InChI=1S/C10H12BrN5O4.C10H12BrN5O3/c11-9-13-6-7(14-10(12)15-8(6)19)16(9)5-1-3(18)4(2-17)20-5;11-10-15-7-8(12)13-3-14-9(7)16(10)6-1-4(18)5(2-17)19-6/h3-5,17-18H,1-2H2,(H3,12,14,15,19);3-6,17-18H,1-2H2,(H2,12,13,14)/t3-,4+,5+;4-,5+,6+/m00/s1. The first-order valence-electron chi connectivity index (χ1n) is 11.6. The number of anilines is 2. The summed E-state index contributed by atoms with van der Waals surface area (Å²) in [6, 6.07) is 0. The first kappa shape index (κ1) is 27.8. The zero-order valence-corrected chi connectivity index (χ0v) is 23.1. The molecule has 0 bridgehead atoms. The molecule has 2 saturated heterocycles. The molecule has 0 radical (unpaired) electrons. The van der Waals surface area contributed by atoms with Gasteiger partial charge in [-0.2, -0.15) is 4.98 Å². The van der Waals surface area contributed by atoms with Gasteiger partial charge in [0.2, 0.25) is 5.95 Å². The molecule has 210 valence electrons. The number of nitrogens with zero attached hydrogens (tertiary/aromatic N) is 7. The molecule has 2 aliphatic rings. The minimum atomic E-state index is -0.798. The number of ether oxygens (including phenoxy) is 2. The summed E-state index contributed by atoms with van der Waals surface area (Å²) in [5.41, 5.74) is 12.2. The van der Waals surface area contributed by atoms with Crippen molar-refractivity contribution >= 4 is 66.0 Å². The molecule has 17 nitrogen and oxygen atoms in total. The van der Waals surface area contributed by atoms with E-state index in [1.165, 1.54) is 10.9 Å². The Balaban J connectivity index is 0.000000158. The van der Waals surface area contributed by atoms with E-state index in [-0.39, 0.29) is 42.6 Å². The Hall–Kier alpha value is -2.78. The lowest BCUT2D eigenvalue weighted by Gasteiger charge is -2.14. The number of rotatable bonds is 4. The molecule has 19 heteroatoms. The summed E-state index contributed by atoms with van der Waals surface area (Å²) in [6.07, 6.45) is -1.90. The van der Waals surface area contributed by atoms with Crippen molar-refractivity contribution in [2.45, 2.75) is 49.7 Å². The molecule has 2 fully saturated rings. The summed E-state index contributed by atoms with van der Waals surface area (Å²) in [7, 11) is 0. The number of imidazole rings is 2. The third kappa shape index (κ3) is 5.11. The van der Waals surface area contributed by atoms with Crippen molar-refractivity contribution in [1.29, 1.82) is 0 Å². The Morgan fingerprint density at radius 3 is 1.97 bits per heavy atom. The summed E-state index contributed by atoms with van der Waals surface area (Å²) in [5, 5.41) is 37.8. The van der Waals surface area contributed by atoms with Crippen LogP contribution in [0.4, 0.5) is 11.8 Å². The number of aromatic amines is 1. The van der Waals surface area contributed by atoms with E-state index in [9.17, 15) is 15.0 Å². The van der Waals surface area contributed by atoms with Crippen LogP contribution in [0.2, 0.25) is 0 Å². The fourth-order valence-electron chi connectivity index (χ4n) is 4.46. The number of halogens is 2. The van der Waals surface area contributed by atoms with Crippen molar-refractivity contribution in [1.82, 2.24) is 39.0 Å². The normalized spacial score (nSPS) is 26.8. The van der Waals surface area contributed by atoms with Gasteiger partial charge in [-0.05, 0) is 31.9 Å². The highest BCUT2D eigenvalue weighted by Crippen LogP contribution is 2.35. The number of fused-ring (bicyclic) bond motifs is 2. The summed E-state index contributed by atoms with van der Waals surface area (Å²) < 4.78 is 15.2. The minimum Gasteiger partial charge on any atom is -0.394 e. The number of aliphatic hydroxyl groups is 4. The second-order valence-electron chi connectivity index (χ2n) is 8.79. The van der Waals surface area contributed by atoms with Crippen LogP contribution in [-0.4, -0.2) is 97.1 Å². The van der Waals surface area contributed by atoms with E-state index in [4.69, 9.17) is 31.2 Å². The van der Waals surface area contributed by atoms with Gasteiger partial charge >= 0.3 is 0 Å². The van der Waals surface area contributed by atoms with Crippen LogP contribution in [0, 0.1) is 0 Å². The van der Waals surface area contributed by atoms with E-state index < -0.39 is 42.4 Å². The maximum atomic E-state index is 11.8. The largest absolute Gasteiger partial charge is 0.394 e. The Labute approximate surface area is 235 Å². The molecule has 6 atom stereocenters. The summed E-state index contributed by atoms with van der Waals surface area (Å²) in [5.74, 6) is 0.245. The fourth-order valence-corrected chi connectivity index (χ4v) is 5.61. The van der Waals surface area contributed by atoms with Gasteiger partial charge in [0.1, 0.15) is 31.0 Å². The lowest BCUT2D eigenvalue weighted by atomic mass is 10.2. The molecule has 9 N–H and O–H groups in total. The predicted octanol–water partition coefficient (Wildman–Crippen LogP) is -1.08. The number of nitrogens with two attached hydrogens (primary N) is 2. The molecule has 0 unspecified atom stereocenters. The van der Waals surface area contributed by atoms with Crippen LogP contribution in [0.15, 0.2) is 20.6 Å². The van der Waals surface area contributed by atoms with Crippen molar-refractivity contribution in [3.8, 4) is 0 Å². The summed E-state index contributed by atoms with van der Waals surface area (Å²) >= 11 is 6.55. The molecule has 6 rings (SSSR count). The van der Waals surface area contributed by atoms with Gasteiger partial charge in [-0.25, -0.2) is 19.9 Å². The topological polar surface area (TPSA) is 259 Å². The van der Waals surface area contributed by atoms with Crippen LogP contribution >= 0.6 is 31.9 Å². The molecule has 4 aromatic heterocycles. The molecule has 0 spiro atoms. The summed E-state index contributed by atoms with van der Waals surface area (Å²) in [6.45, 7) is -0.531. The van der Waals surface area contributed by atoms with Crippen LogP contribution < -0.4 is 17.0 Å². The highest BCUT2D eigenvalue weighted by atomic mass is 79.9. The van der Waals surface area contributed by atoms with Gasteiger partial charge in [0.05, 0.1) is 25.4 Å². The minimum absolute atomic E-state index is 0.0339. The monoisotopic (exact) mass is 674 g/mol. The van der Waals surface area contributed by atoms with Crippen LogP contribution in [0.1, 0.15) is 25.3 Å². The third-order valence-corrected chi connectivity index (χ3v) is 7.45. The first-order valence-corrected chi connectivity index (χ1v) is 13.2. The molecule has 0 aliphatic carbocycles. The number of aromatic nitrogens is 8. The van der Waals surface area contributed by atoms with Gasteiger partial charge in [0.25, 0.3) is 5.56 Å². The molecular weight excluding hydrogens is 652 g/mol. The molecule has 2 aliphatic heterocycles. The number of nitrogens with one attached hydrogen (secondary N) is 1. The second-order valence-corrected chi connectivity index (χ2v) is 10.2. The molecule has 6 heterocycles. The molecule has 4 aromatic rings. The molecular formula is C20H24Br2N10O7. The van der Waals surface area contributed by atoms with Gasteiger partial charge in [-0.1, -0.05) is 0 Å². The van der Waals surface area contributed by atoms with Crippen molar-refractivity contribution in [2.75, 3.05) is 24.7 Å². The predicted molar refractivity (Wildman–Crippen MR) is 141 cm³/mol. The van der Waals surface area contributed by atoms with E-state index in [1.54, 1.807) is 4.57 Å². The van der Waals surface area contributed by atoms with E-state index in [0.29, 0.717) is 27.1 Å². The SMILES string of the molecule is Nc1nc2c(nc(Br)n2[C@H]2C[C@H](O)[C@@H](CO)O2)c(=O)[nH]1.Nc1ncnc2c1nc(Br)n2[C@H]1C[C@H](O)[C@@H](CO)O1. The maximum Gasteiger partial charge on any atom is 0.280 e. The quantitative estimate of drug-likeness (QED) is 0.127. The smallest absolute Gasteiger partial charge is 0.280 e. The van der Waals surface area contributed by atoms with Gasteiger partial charge in [0, 0.05) is 12.8 Å². The number of hydrogen-bond donors (Lipinski definition) is 7. The Kier molecular flexibility index (Phi) is 7.84. The molecule has 0 saturated carbocycles. The van der Waals surface area contributed by atoms with Crippen molar-refractivity contribution < 1.29 is 29.9 Å². The van der Waals surface area contributed by atoms with E-state index in [0.717, 1.165) is 0 Å². The Bertz CT molecular complexity index is 1560. The molecule has 0 amide bonds. The number of hydrogen-bond acceptors (Lipinski definition) is 14. The Morgan fingerprint density at radius 2 is 1.44 bits per heavy atom. The van der Waals surface area contributed by atoms with Crippen LogP contribution in [0.5, 0.6) is 0 Å². The van der Waals surface area contributed by atoms with Crippen LogP contribution in [-0.2, 0) is 9.47 Å². The maximum absolute atomic E-state index is 11.8. The number of nitrogen functional groups attached to an aromatic ring is 2. The molecule has 39 heavy (non-hydrogen) atoms. The van der Waals surface area contributed by atoms with Crippen molar-refractivity contribution in [3.63, 3.8) is 0 Å². The van der Waals surface area contributed by atoms with Crippen LogP contribution in [0.3, 0.4) is 0 Å². The average Bonchev–Trinajstić information content (AvgIpc) is 3.62.